The number of hydrogen-bond donors (Lipinski definition) is 2. The first-order valence-electron chi connectivity index (χ1n) is 5.45. The van der Waals surface area contributed by atoms with Gasteiger partial charge in [0, 0.05) is 17.2 Å². The molecule has 0 aliphatic carbocycles. The second kappa shape index (κ2) is 5.66. The zero-order valence-corrected chi connectivity index (χ0v) is 11.6. The maximum Gasteiger partial charge on any atom is 0.276 e. The van der Waals surface area contributed by atoms with Gasteiger partial charge in [0.15, 0.2) is 0 Å². The number of hydrogen-bond acceptors (Lipinski definition) is 5. The van der Waals surface area contributed by atoms with Gasteiger partial charge >= 0.3 is 0 Å². The fraction of sp³-hybridized carbons (Fsp3) is 0.0833. The summed E-state index contributed by atoms with van der Waals surface area (Å²) in [6.07, 6.45) is 0. The van der Waals surface area contributed by atoms with Crippen molar-refractivity contribution < 1.29 is 4.92 Å². The predicted molar refractivity (Wildman–Crippen MR) is 77.9 cm³/mol. The Balaban J connectivity index is 2.34. The van der Waals surface area contributed by atoms with E-state index in [4.69, 9.17) is 0 Å². The van der Waals surface area contributed by atoms with Crippen LogP contribution in [-0.2, 0) is 0 Å². The summed E-state index contributed by atoms with van der Waals surface area (Å²) in [6, 6.07) is 10.2. The largest absolute Gasteiger partial charge is 0.373 e. The molecule has 0 saturated heterocycles. The quantitative estimate of drug-likeness (QED) is 0.664. The average Bonchev–Trinajstić information content (AvgIpc) is 2.38. The summed E-state index contributed by atoms with van der Waals surface area (Å²) < 4.78 is 0.914. The first kappa shape index (κ1) is 13.3. The van der Waals surface area contributed by atoms with Crippen molar-refractivity contribution in [3.05, 3.63) is 51.0 Å². The highest BCUT2D eigenvalue weighted by atomic mass is 79.9. The molecule has 2 rings (SSSR count). The number of nitro groups is 1. The fourth-order valence-electron chi connectivity index (χ4n) is 1.53. The van der Waals surface area contributed by atoms with E-state index in [1.165, 1.54) is 12.1 Å². The van der Waals surface area contributed by atoms with E-state index in [0.29, 0.717) is 11.6 Å². The van der Waals surface area contributed by atoms with E-state index in [2.05, 4.69) is 31.5 Å². The van der Waals surface area contributed by atoms with E-state index in [9.17, 15) is 10.1 Å². The predicted octanol–water partition coefficient (Wildman–Crippen LogP) is 3.54. The number of pyridine rings is 1. The minimum atomic E-state index is -0.450. The van der Waals surface area contributed by atoms with E-state index in [-0.39, 0.29) is 5.69 Å². The van der Waals surface area contributed by atoms with Crippen LogP contribution in [0.4, 0.5) is 23.0 Å². The molecule has 0 spiro atoms. The lowest BCUT2D eigenvalue weighted by atomic mass is 10.3. The van der Waals surface area contributed by atoms with E-state index >= 15 is 0 Å². The first-order valence-corrected chi connectivity index (χ1v) is 6.24. The van der Waals surface area contributed by atoms with E-state index in [0.717, 1.165) is 10.2 Å². The van der Waals surface area contributed by atoms with Crippen LogP contribution < -0.4 is 10.6 Å². The zero-order chi connectivity index (χ0) is 13.8. The van der Waals surface area contributed by atoms with Crippen LogP contribution in [0.15, 0.2) is 40.9 Å². The lowest BCUT2D eigenvalue weighted by Gasteiger charge is -2.08. The molecule has 0 atom stereocenters. The lowest BCUT2D eigenvalue weighted by molar-refractivity contribution is -0.384. The molecule has 98 valence electrons. The fourth-order valence-corrected chi connectivity index (χ4v) is 1.93. The highest BCUT2D eigenvalue weighted by Gasteiger charge is 2.10. The first-order chi connectivity index (χ1) is 9.08. The standard InChI is InChI=1S/C12H11BrN4O2/c1-14-11-6-10(17(18)19)7-12(16-11)15-9-4-2-3-8(13)5-9/h2-7H,1H3,(H2,14,15,16). The molecule has 0 amide bonds. The van der Waals surface area contributed by atoms with Gasteiger partial charge in [-0.2, -0.15) is 0 Å². The minimum Gasteiger partial charge on any atom is -0.373 e. The molecule has 0 aliphatic heterocycles. The monoisotopic (exact) mass is 322 g/mol. The Labute approximate surface area is 118 Å². The molecule has 0 fully saturated rings. The van der Waals surface area contributed by atoms with E-state index < -0.39 is 4.92 Å². The van der Waals surface area contributed by atoms with E-state index in [1.54, 1.807) is 7.05 Å². The summed E-state index contributed by atoms with van der Waals surface area (Å²) in [4.78, 5) is 14.6. The number of rotatable bonds is 4. The number of aromatic nitrogens is 1. The molecule has 0 saturated carbocycles. The van der Waals surface area contributed by atoms with Gasteiger partial charge < -0.3 is 10.6 Å². The van der Waals surface area contributed by atoms with Crippen LogP contribution in [0.25, 0.3) is 0 Å². The summed E-state index contributed by atoms with van der Waals surface area (Å²) in [7, 11) is 1.66. The Hall–Kier alpha value is -2.15. The van der Waals surface area contributed by atoms with Gasteiger partial charge in [-0.05, 0) is 18.2 Å². The third-order valence-corrected chi connectivity index (χ3v) is 2.87. The van der Waals surface area contributed by atoms with Gasteiger partial charge in [-0.25, -0.2) is 4.98 Å². The molecule has 0 aliphatic rings. The molecule has 2 aromatic rings. The van der Waals surface area contributed by atoms with Crippen molar-refractivity contribution in [2.75, 3.05) is 17.7 Å². The third-order valence-electron chi connectivity index (χ3n) is 2.37. The van der Waals surface area contributed by atoms with Crippen molar-refractivity contribution in [2.24, 2.45) is 0 Å². The topological polar surface area (TPSA) is 80.1 Å². The van der Waals surface area contributed by atoms with Gasteiger partial charge in [0.1, 0.15) is 11.6 Å². The maximum atomic E-state index is 10.8. The number of nitrogens with zero attached hydrogens (tertiary/aromatic N) is 2. The summed E-state index contributed by atoms with van der Waals surface area (Å²) >= 11 is 3.36. The van der Waals surface area contributed by atoms with Crippen LogP contribution in [0.2, 0.25) is 0 Å². The van der Waals surface area contributed by atoms with Crippen LogP contribution >= 0.6 is 15.9 Å². The van der Waals surface area contributed by atoms with Crippen LogP contribution in [0.1, 0.15) is 0 Å². The Morgan fingerprint density at radius 1 is 1.26 bits per heavy atom. The van der Waals surface area contributed by atoms with Crippen molar-refractivity contribution in [2.45, 2.75) is 0 Å². The Bertz CT molecular complexity index is 618. The van der Waals surface area contributed by atoms with Crippen LogP contribution in [0.5, 0.6) is 0 Å². The molecule has 0 radical (unpaired) electrons. The molecule has 6 nitrogen and oxygen atoms in total. The van der Waals surface area contributed by atoms with Crippen LogP contribution in [-0.4, -0.2) is 17.0 Å². The second-order valence-corrected chi connectivity index (χ2v) is 4.65. The summed E-state index contributed by atoms with van der Waals surface area (Å²) in [5.41, 5.74) is 0.779. The number of benzene rings is 1. The van der Waals surface area contributed by atoms with E-state index in [1.807, 2.05) is 24.3 Å². The Kier molecular flexibility index (Phi) is 3.96. The molecule has 0 bridgehead atoms. The van der Waals surface area contributed by atoms with Crippen molar-refractivity contribution >= 4 is 38.9 Å². The molecular formula is C12H11BrN4O2. The molecule has 0 unspecified atom stereocenters. The van der Waals surface area contributed by atoms with Crippen molar-refractivity contribution in [1.29, 1.82) is 0 Å². The van der Waals surface area contributed by atoms with Crippen LogP contribution in [0, 0.1) is 10.1 Å². The van der Waals surface area contributed by atoms with Gasteiger partial charge in [-0.3, -0.25) is 10.1 Å². The molecule has 1 aromatic heterocycles. The van der Waals surface area contributed by atoms with Gasteiger partial charge in [0.25, 0.3) is 5.69 Å². The van der Waals surface area contributed by atoms with Gasteiger partial charge in [-0.15, -0.1) is 0 Å². The molecular weight excluding hydrogens is 312 g/mol. The molecule has 7 heteroatoms. The molecule has 2 N–H and O–H groups in total. The number of halogens is 1. The van der Waals surface area contributed by atoms with Crippen molar-refractivity contribution in [1.82, 2.24) is 4.98 Å². The highest BCUT2D eigenvalue weighted by Crippen LogP contribution is 2.24. The summed E-state index contributed by atoms with van der Waals surface area (Å²) in [6.45, 7) is 0. The van der Waals surface area contributed by atoms with Crippen molar-refractivity contribution in [3.63, 3.8) is 0 Å². The highest BCUT2D eigenvalue weighted by molar-refractivity contribution is 9.10. The van der Waals surface area contributed by atoms with Gasteiger partial charge in [0.05, 0.1) is 17.1 Å². The van der Waals surface area contributed by atoms with Gasteiger partial charge in [-0.1, -0.05) is 22.0 Å². The smallest absolute Gasteiger partial charge is 0.276 e. The zero-order valence-electron chi connectivity index (χ0n) is 10.1. The normalized spacial score (nSPS) is 10.0. The SMILES string of the molecule is CNc1cc([N+](=O)[O-])cc(Nc2cccc(Br)c2)n1. The maximum absolute atomic E-state index is 10.8. The average molecular weight is 323 g/mol. The van der Waals surface area contributed by atoms with Crippen molar-refractivity contribution in [3.8, 4) is 0 Å². The summed E-state index contributed by atoms with van der Waals surface area (Å²) in [5, 5.41) is 16.7. The third kappa shape index (κ3) is 3.41. The minimum absolute atomic E-state index is 0.0168. The van der Waals surface area contributed by atoms with Gasteiger partial charge in [0.2, 0.25) is 0 Å². The van der Waals surface area contributed by atoms with Crippen LogP contribution in [0.3, 0.4) is 0 Å². The Morgan fingerprint density at radius 2 is 2.00 bits per heavy atom. The summed E-state index contributed by atoms with van der Waals surface area (Å²) in [5.74, 6) is 0.850. The molecule has 1 heterocycles. The lowest BCUT2D eigenvalue weighted by Crippen LogP contribution is -2.00. The molecule has 19 heavy (non-hydrogen) atoms. The molecule has 1 aromatic carbocycles. The Morgan fingerprint density at radius 3 is 2.63 bits per heavy atom. The number of nitrogens with one attached hydrogen (secondary N) is 2. The second-order valence-electron chi connectivity index (χ2n) is 3.74. The number of anilines is 3.